The lowest BCUT2D eigenvalue weighted by Gasteiger charge is -2.28. The lowest BCUT2D eigenvalue weighted by atomic mass is 10.0. The van der Waals surface area contributed by atoms with Crippen LogP contribution in [0.1, 0.15) is 39.0 Å². The van der Waals surface area contributed by atoms with Crippen molar-refractivity contribution in [2.24, 2.45) is 0 Å². The number of nitrogens with one attached hydrogen (secondary N) is 2. The van der Waals surface area contributed by atoms with E-state index in [9.17, 15) is 4.79 Å². The predicted octanol–water partition coefficient (Wildman–Crippen LogP) is 1.24. The van der Waals surface area contributed by atoms with E-state index in [0.29, 0.717) is 6.42 Å². The number of carbonyl (C=O) groups is 1. The van der Waals surface area contributed by atoms with Gasteiger partial charge in [0.15, 0.2) is 0 Å². The van der Waals surface area contributed by atoms with Gasteiger partial charge in [-0.2, -0.15) is 0 Å². The predicted molar refractivity (Wildman–Crippen MR) is 69.5 cm³/mol. The molecule has 100 valence electrons. The Morgan fingerprint density at radius 1 is 1.47 bits per heavy atom. The summed E-state index contributed by atoms with van der Waals surface area (Å²) in [5, 5.41) is 6.39. The Kier molecular flexibility index (Phi) is 5.70. The molecule has 4 nitrogen and oxygen atoms in total. The second-order valence-corrected chi connectivity index (χ2v) is 5.22. The SMILES string of the molecule is CC1(NC(=O)CC2CNCCO2)CCCC1.Cl. The minimum atomic E-state index is 0. The van der Waals surface area contributed by atoms with E-state index in [0.717, 1.165) is 32.5 Å². The molecule has 2 aliphatic rings. The van der Waals surface area contributed by atoms with Crippen LogP contribution in [-0.2, 0) is 9.53 Å². The van der Waals surface area contributed by atoms with Gasteiger partial charge >= 0.3 is 0 Å². The summed E-state index contributed by atoms with van der Waals surface area (Å²) >= 11 is 0. The lowest BCUT2D eigenvalue weighted by Crippen LogP contribution is -2.47. The third-order valence-electron chi connectivity index (χ3n) is 3.57. The van der Waals surface area contributed by atoms with Crippen LogP contribution in [-0.4, -0.2) is 37.2 Å². The van der Waals surface area contributed by atoms with Gasteiger partial charge in [-0.1, -0.05) is 12.8 Å². The first-order valence-electron chi connectivity index (χ1n) is 6.31. The zero-order chi connectivity index (χ0) is 11.4. The molecule has 17 heavy (non-hydrogen) atoms. The van der Waals surface area contributed by atoms with Gasteiger partial charge in [-0.05, 0) is 19.8 Å². The second kappa shape index (κ2) is 6.57. The molecule has 2 N–H and O–H groups in total. The van der Waals surface area contributed by atoms with Crippen LogP contribution in [0.15, 0.2) is 0 Å². The maximum absolute atomic E-state index is 11.9. The molecule has 1 aliphatic carbocycles. The number of hydrogen-bond acceptors (Lipinski definition) is 3. The molecular formula is C12H23ClN2O2. The maximum Gasteiger partial charge on any atom is 0.223 e. The molecule has 0 aromatic carbocycles. The van der Waals surface area contributed by atoms with Gasteiger partial charge < -0.3 is 15.4 Å². The van der Waals surface area contributed by atoms with Crippen molar-refractivity contribution in [1.82, 2.24) is 10.6 Å². The Bertz CT molecular complexity index is 249. The molecule has 1 aliphatic heterocycles. The van der Waals surface area contributed by atoms with Crippen molar-refractivity contribution < 1.29 is 9.53 Å². The van der Waals surface area contributed by atoms with Gasteiger partial charge in [-0.3, -0.25) is 4.79 Å². The molecule has 0 spiro atoms. The molecular weight excluding hydrogens is 240 g/mol. The number of rotatable bonds is 3. The van der Waals surface area contributed by atoms with Crippen LogP contribution >= 0.6 is 12.4 Å². The maximum atomic E-state index is 11.9. The first-order valence-corrected chi connectivity index (χ1v) is 6.31. The molecule has 1 saturated carbocycles. The summed E-state index contributed by atoms with van der Waals surface area (Å²) in [6.07, 6.45) is 5.24. The first-order chi connectivity index (χ1) is 7.68. The average Bonchev–Trinajstić information content (AvgIpc) is 2.66. The van der Waals surface area contributed by atoms with E-state index in [2.05, 4.69) is 17.6 Å². The van der Waals surface area contributed by atoms with Gasteiger partial charge in [0.2, 0.25) is 5.91 Å². The topological polar surface area (TPSA) is 50.4 Å². The van der Waals surface area contributed by atoms with Crippen LogP contribution < -0.4 is 10.6 Å². The van der Waals surface area contributed by atoms with Crippen molar-refractivity contribution in [1.29, 1.82) is 0 Å². The van der Waals surface area contributed by atoms with Crippen LogP contribution in [0.2, 0.25) is 0 Å². The van der Waals surface area contributed by atoms with Crippen LogP contribution in [0.5, 0.6) is 0 Å². The summed E-state index contributed by atoms with van der Waals surface area (Å²) in [5.41, 5.74) is 0.0409. The van der Waals surface area contributed by atoms with Gasteiger partial charge in [0.05, 0.1) is 19.1 Å². The van der Waals surface area contributed by atoms with Gasteiger partial charge in [-0.15, -0.1) is 12.4 Å². The normalized spacial score (nSPS) is 27.2. The molecule has 1 saturated heterocycles. The van der Waals surface area contributed by atoms with E-state index in [4.69, 9.17) is 4.74 Å². The van der Waals surface area contributed by atoms with Crippen molar-refractivity contribution >= 4 is 18.3 Å². The van der Waals surface area contributed by atoms with Gasteiger partial charge in [0.1, 0.15) is 0 Å². The summed E-state index contributed by atoms with van der Waals surface area (Å²) in [5.74, 6) is 0.137. The molecule has 2 rings (SSSR count). The highest BCUT2D eigenvalue weighted by molar-refractivity contribution is 5.85. The number of hydrogen-bond donors (Lipinski definition) is 2. The Labute approximate surface area is 109 Å². The second-order valence-electron chi connectivity index (χ2n) is 5.22. The molecule has 1 unspecified atom stereocenters. The van der Waals surface area contributed by atoms with E-state index >= 15 is 0 Å². The first kappa shape index (κ1) is 14.7. The molecule has 0 aromatic rings. The van der Waals surface area contributed by atoms with Crippen molar-refractivity contribution in [3.63, 3.8) is 0 Å². The van der Waals surface area contributed by atoms with Crippen LogP contribution in [0.3, 0.4) is 0 Å². The van der Waals surface area contributed by atoms with Crippen LogP contribution in [0.25, 0.3) is 0 Å². The zero-order valence-electron chi connectivity index (χ0n) is 10.5. The molecule has 1 heterocycles. The molecule has 0 aromatic heterocycles. The van der Waals surface area contributed by atoms with Crippen molar-refractivity contribution in [2.75, 3.05) is 19.7 Å². The average molecular weight is 263 g/mol. The Morgan fingerprint density at radius 3 is 2.76 bits per heavy atom. The van der Waals surface area contributed by atoms with Crippen molar-refractivity contribution in [2.45, 2.75) is 50.7 Å². The highest BCUT2D eigenvalue weighted by Gasteiger charge is 2.30. The Morgan fingerprint density at radius 2 is 2.18 bits per heavy atom. The van der Waals surface area contributed by atoms with E-state index < -0.39 is 0 Å². The summed E-state index contributed by atoms with van der Waals surface area (Å²) < 4.78 is 5.52. The molecule has 5 heteroatoms. The summed E-state index contributed by atoms with van der Waals surface area (Å²) in [7, 11) is 0. The Balaban J connectivity index is 0.00000144. The summed E-state index contributed by atoms with van der Waals surface area (Å²) in [6.45, 7) is 4.56. The van der Waals surface area contributed by atoms with Gasteiger partial charge in [-0.25, -0.2) is 0 Å². The third-order valence-corrected chi connectivity index (χ3v) is 3.57. The molecule has 1 amide bonds. The van der Waals surface area contributed by atoms with Crippen LogP contribution in [0, 0.1) is 0 Å². The minimum absolute atomic E-state index is 0. The zero-order valence-corrected chi connectivity index (χ0v) is 11.3. The third kappa shape index (κ3) is 4.45. The number of amides is 1. The smallest absolute Gasteiger partial charge is 0.223 e. The van der Waals surface area contributed by atoms with Crippen molar-refractivity contribution in [3.8, 4) is 0 Å². The fourth-order valence-corrected chi connectivity index (χ4v) is 2.63. The van der Waals surface area contributed by atoms with Gasteiger partial charge in [0, 0.05) is 18.6 Å². The van der Waals surface area contributed by atoms with Gasteiger partial charge in [0.25, 0.3) is 0 Å². The van der Waals surface area contributed by atoms with E-state index in [1.807, 2.05) is 0 Å². The fraction of sp³-hybridized carbons (Fsp3) is 0.917. The van der Waals surface area contributed by atoms with Crippen molar-refractivity contribution in [3.05, 3.63) is 0 Å². The summed E-state index contributed by atoms with van der Waals surface area (Å²) in [4.78, 5) is 11.9. The largest absolute Gasteiger partial charge is 0.375 e. The molecule has 2 fully saturated rings. The van der Waals surface area contributed by atoms with Crippen LogP contribution in [0.4, 0.5) is 0 Å². The lowest BCUT2D eigenvalue weighted by molar-refractivity contribution is -0.126. The van der Waals surface area contributed by atoms with E-state index in [-0.39, 0.29) is 30.0 Å². The standard InChI is InChI=1S/C12H22N2O2.ClH/c1-12(4-2-3-5-12)14-11(15)8-10-9-13-6-7-16-10;/h10,13H,2-9H2,1H3,(H,14,15);1H. The molecule has 0 radical (unpaired) electrons. The summed E-state index contributed by atoms with van der Waals surface area (Å²) in [6, 6.07) is 0. The number of halogens is 1. The number of carbonyl (C=O) groups excluding carboxylic acids is 1. The monoisotopic (exact) mass is 262 g/mol. The minimum Gasteiger partial charge on any atom is -0.375 e. The number of morpholine rings is 1. The quantitative estimate of drug-likeness (QED) is 0.805. The van der Waals surface area contributed by atoms with E-state index in [1.54, 1.807) is 0 Å². The fourth-order valence-electron chi connectivity index (χ4n) is 2.63. The highest BCUT2D eigenvalue weighted by Crippen LogP contribution is 2.28. The highest BCUT2D eigenvalue weighted by atomic mass is 35.5. The molecule has 0 bridgehead atoms. The number of ether oxygens (including phenoxy) is 1. The van der Waals surface area contributed by atoms with E-state index in [1.165, 1.54) is 12.8 Å². The molecule has 1 atom stereocenters. The Hall–Kier alpha value is -0.320.